The van der Waals surface area contributed by atoms with Crippen molar-refractivity contribution in [2.24, 2.45) is 23.7 Å². The van der Waals surface area contributed by atoms with Crippen LogP contribution in [0, 0.1) is 23.7 Å². The molecule has 2 aliphatic heterocycles. The number of phosphoric ester groups is 2. The average Bonchev–Trinajstić information content (AvgIpc) is 1.64. The van der Waals surface area contributed by atoms with Crippen LogP contribution in [0.4, 0.5) is 0 Å². The fourth-order valence-electron chi connectivity index (χ4n) is 15.2. The molecule has 2 saturated carbocycles. The third-order valence-electron chi connectivity index (χ3n) is 22.6. The number of aliphatic hydroxyl groups excluding tert-OH is 6. The van der Waals surface area contributed by atoms with Crippen LogP contribution in [0.15, 0.2) is 0 Å². The maximum atomic E-state index is 13.5. The molecule has 25 nitrogen and oxygen atoms in total. The Kier molecular flexibility index (Phi) is 56.4. The predicted octanol–water partition coefficient (Wildman–Crippen LogP) is 16.8. The Labute approximate surface area is 667 Å². The lowest BCUT2D eigenvalue weighted by Crippen LogP contribution is -2.63. The zero-order valence-corrected chi connectivity index (χ0v) is 70.8. The van der Waals surface area contributed by atoms with Gasteiger partial charge >= 0.3 is 31.7 Å². The van der Waals surface area contributed by atoms with Crippen molar-refractivity contribution in [3.8, 4) is 0 Å². The molecule has 4 rings (SSSR count). The molecule has 7 N–H and O–H groups in total. The van der Waals surface area contributed by atoms with E-state index < -0.39 is 153 Å². The fraction of sp³-hybridized carbons (Fsp3) is 0.952. The van der Waals surface area contributed by atoms with Crippen molar-refractivity contribution in [1.29, 1.82) is 0 Å². The van der Waals surface area contributed by atoms with Gasteiger partial charge in [-0.3, -0.25) is 32.8 Å². The van der Waals surface area contributed by atoms with Gasteiger partial charge in [0.05, 0.1) is 26.4 Å². The molecule has 27 heteroatoms. The number of hydrogen-bond acceptors (Lipinski definition) is 24. The van der Waals surface area contributed by atoms with Gasteiger partial charge in [-0.1, -0.05) is 310 Å². The molecule has 4 aliphatic rings. The van der Waals surface area contributed by atoms with Gasteiger partial charge in [0, 0.05) is 25.7 Å². The summed E-state index contributed by atoms with van der Waals surface area (Å²) in [7, 11) is -10.6. The lowest BCUT2D eigenvalue weighted by molar-refractivity contribution is -0.376. The summed E-state index contributed by atoms with van der Waals surface area (Å²) in [6.07, 6.45) is 33.7. The summed E-state index contributed by atoms with van der Waals surface area (Å²) >= 11 is 0. The highest BCUT2D eigenvalue weighted by Crippen LogP contribution is 2.48. The lowest BCUT2D eigenvalue weighted by Gasteiger charge is -2.45. The second-order valence-corrected chi connectivity index (χ2v) is 35.5. The second kappa shape index (κ2) is 62.0. The van der Waals surface area contributed by atoms with E-state index >= 15 is 0 Å². The topological polar surface area (TPSA) is 369 Å². The quantitative estimate of drug-likeness (QED) is 0.0129. The summed E-state index contributed by atoms with van der Waals surface area (Å²) in [6.45, 7) is 4.17. The van der Waals surface area contributed by atoms with E-state index in [9.17, 15) is 68.7 Å². The van der Waals surface area contributed by atoms with Crippen molar-refractivity contribution in [3.05, 3.63) is 0 Å². The van der Waals surface area contributed by atoms with Gasteiger partial charge < -0.3 is 82.6 Å². The van der Waals surface area contributed by atoms with E-state index in [1.165, 1.54) is 193 Å². The number of rotatable bonds is 74. The molecule has 18 atom stereocenters. The first-order valence-corrected chi connectivity index (χ1v) is 47.5. The van der Waals surface area contributed by atoms with E-state index in [-0.39, 0.29) is 25.7 Å². The van der Waals surface area contributed by atoms with Gasteiger partial charge in [-0.25, -0.2) is 4.57 Å². The zero-order valence-electron chi connectivity index (χ0n) is 69.0. The summed E-state index contributed by atoms with van der Waals surface area (Å²) in [5.41, 5.74) is 0. The summed E-state index contributed by atoms with van der Waals surface area (Å²) in [5, 5.41) is 65.9. The Balaban J connectivity index is 1.27. The van der Waals surface area contributed by atoms with Gasteiger partial charge in [-0.15, -0.1) is 0 Å². The summed E-state index contributed by atoms with van der Waals surface area (Å²) in [4.78, 5) is 76.5. The van der Waals surface area contributed by atoms with Crippen LogP contribution in [0.5, 0.6) is 0 Å². The van der Waals surface area contributed by atoms with Gasteiger partial charge in [-0.05, 0) is 62.2 Å². The highest BCUT2D eigenvalue weighted by molar-refractivity contribution is 7.47. The number of carbonyl (C=O) groups is 4. The number of ether oxygens (including phenoxy) is 7. The van der Waals surface area contributed by atoms with Crippen molar-refractivity contribution >= 4 is 39.5 Å². The van der Waals surface area contributed by atoms with E-state index in [0.717, 1.165) is 126 Å². The minimum Gasteiger partial charge on any atom is -0.756 e. The molecule has 4 fully saturated rings. The molecule has 0 radical (unpaired) electrons. The second-order valence-electron chi connectivity index (χ2n) is 32.7. The van der Waals surface area contributed by atoms with E-state index in [1.807, 2.05) is 0 Å². The molecule has 0 aromatic carbocycles. The Morgan fingerprint density at radius 3 is 0.937 bits per heavy atom. The maximum Gasteiger partial charge on any atom is 0.472 e. The van der Waals surface area contributed by atoms with Gasteiger partial charge in [0.15, 0.2) is 24.8 Å². The van der Waals surface area contributed by atoms with Crippen molar-refractivity contribution in [2.75, 3.05) is 39.6 Å². The smallest absolute Gasteiger partial charge is 0.472 e. The number of unbranched alkanes of at least 4 members (excludes halogenated alkanes) is 38. The number of hydrogen-bond donors (Lipinski definition) is 7. The van der Waals surface area contributed by atoms with Crippen LogP contribution in [-0.2, 0) is 79.6 Å². The van der Waals surface area contributed by atoms with Crippen molar-refractivity contribution in [1.82, 2.24) is 0 Å². The third-order valence-corrected chi connectivity index (χ3v) is 24.5. The molecule has 0 amide bonds. The first kappa shape index (κ1) is 101. The predicted molar refractivity (Wildman–Crippen MR) is 423 cm³/mol. The van der Waals surface area contributed by atoms with Crippen LogP contribution < -0.4 is 4.89 Å². The molecule has 2 saturated heterocycles. The lowest BCUT2D eigenvalue weighted by atomic mass is 9.98. The van der Waals surface area contributed by atoms with Crippen LogP contribution in [0.2, 0.25) is 0 Å². The molecule has 111 heavy (non-hydrogen) atoms. The van der Waals surface area contributed by atoms with Crippen LogP contribution in [0.3, 0.4) is 0 Å². The van der Waals surface area contributed by atoms with Crippen molar-refractivity contribution < 1.29 is 120 Å². The third kappa shape index (κ3) is 48.4. The van der Waals surface area contributed by atoms with Crippen molar-refractivity contribution in [3.63, 3.8) is 0 Å². The Bertz CT molecular complexity index is 2300. The summed E-state index contributed by atoms with van der Waals surface area (Å²) in [5.74, 6) is 1.02. The summed E-state index contributed by atoms with van der Waals surface area (Å²) < 4.78 is 86.5. The van der Waals surface area contributed by atoms with Gasteiger partial charge in [0.1, 0.15) is 62.0 Å². The maximum absolute atomic E-state index is 13.5. The average molecular weight is 1630 g/mol. The SMILES string of the molecule is CCCCCCCCCCCCCCCC(=O)OC[C@H](COP(=O)([O-])OCC1OC(OC2OC(COP(=O)(O)OC[C@@H](COC(=O)CCCCCCCCCCCCCCC)OC(=O)CCCCCCC[C@@H]3C[C@@H]3CCCCCC)C(O)C(O)C2O)C(O)C(O)C1O)OC(=O)CCCCCCC[C@@H]1C[C@@H]1CCCCCC. The number of esters is 4. The van der Waals surface area contributed by atoms with E-state index in [2.05, 4.69) is 27.7 Å². The molecule has 652 valence electrons. The van der Waals surface area contributed by atoms with Crippen molar-refractivity contribution in [2.45, 2.75) is 448 Å². The normalized spacial score (nSPS) is 25.4. The standard InChI is InChI=1S/C84H156O25P2/c1-5-9-13-17-19-21-23-25-27-29-31-37-45-53-73(85)99-59-69(105-75(87)55-47-39-33-35-43-51-67-57-65(67)49-41-15-11-7-3)61-101-110(95,96)103-63-71-77(89)79(91)81(93)83(107-71)109-84-82(94)80(92)78(90)72(108-84)64-104-111(97,98)102-62-70(60-100-74(86)54-46-38-32-30-28-26-24-22-20-18-14-10-6-2)106-76(88)56-48-40-34-36-44-52-68-58-66(68)50-42-16-12-8-4/h65-72,77-84,89-94H,5-64H2,1-4H3,(H,95,96)(H,97,98)/p-1/t65-,66-,67+,68+,69+,70+,71?,72?,77?,78?,79?,80?,81?,82?,83?,84?/m0/s1. The monoisotopic (exact) mass is 1630 g/mol. The molecule has 2 aliphatic carbocycles. The van der Waals surface area contributed by atoms with Gasteiger partial charge in [0.2, 0.25) is 0 Å². The van der Waals surface area contributed by atoms with Crippen LogP contribution in [0.25, 0.3) is 0 Å². The number of phosphoric acid groups is 2. The van der Waals surface area contributed by atoms with Gasteiger partial charge in [0.25, 0.3) is 7.82 Å². The molecule has 0 bridgehead atoms. The number of carbonyl (C=O) groups excluding carboxylic acids is 4. The number of aliphatic hydroxyl groups is 6. The highest BCUT2D eigenvalue weighted by Gasteiger charge is 2.51. The van der Waals surface area contributed by atoms with E-state index in [0.29, 0.717) is 25.7 Å². The first-order valence-electron chi connectivity index (χ1n) is 44.6. The molecular weight excluding hydrogens is 1470 g/mol. The first-order chi connectivity index (χ1) is 53.6. The van der Waals surface area contributed by atoms with Crippen LogP contribution >= 0.6 is 15.6 Å². The largest absolute Gasteiger partial charge is 0.756 e. The van der Waals surface area contributed by atoms with Crippen LogP contribution in [-0.4, -0.2) is 173 Å². The molecule has 0 aromatic rings. The Morgan fingerprint density at radius 1 is 0.342 bits per heavy atom. The zero-order chi connectivity index (χ0) is 80.8. The Hall–Kier alpha value is -2.26. The molecular formula is C84H155O25P2-. The van der Waals surface area contributed by atoms with Gasteiger partial charge in [-0.2, -0.15) is 0 Å². The summed E-state index contributed by atoms with van der Waals surface area (Å²) in [6, 6.07) is 0. The highest BCUT2D eigenvalue weighted by atomic mass is 31.2. The minimum absolute atomic E-state index is 0.0331. The molecule has 0 spiro atoms. The fourth-order valence-corrected chi connectivity index (χ4v) is 16.7. The molecule has 2 heterocycles. The van der Waals surface area contributed by atoms with E-state index in [1.54, 1.807) is 0 Å². The van der Waals surface area contributed by atoms with Crippen LogP contribution in [0.1, 0.15) is 374 Å². The minimum atomic E-state index is -5.42. The molecule has 12 unspecified atom stereocenters. The molecule has 0 aromatic heterocycles. The Morgan fingerprint density at radius 2 is 0.613 bits per heavy atom. The van der Waals surface area contributed by atoms with E-state index in [4.69, 9.17) is 51.3 Å².